The molecule has 0 saturated heterocycles. The Kier molecular flexibility index (Phi) is 2.32. The van der Waals surface area contributed by atoms with Crippen LogP contribution in [0, 0.1) is 0 Å². The van der Waals surface area contributed by atoms with Crippen LogP contribution < -0.4 is 4.74 Å². The van der Waals surface area contributed by atoms with Gasteiger partial charge in [-0.05, 0) is 6.07 Å². The summed E-state index contributed by atoms with van der Waals surface area (Å²) in [5.74, 6) is -2.60. The van der Waals surface area contributed by atoms with E-state index in [1.165, 1.54) is 25.3 Å². The summed E-state index contributed by atoms with van der Waals surface area (Å²) in [5, 5.41) is 9.27. The van der Waals surface area contributed by atoms with E-state index in [1.807, 2.05) is 0 Å². The number of fused-ring (bicyclic) bond motifs is 1. The molecule has 82 valence electrons. The average molecular weight is 220 g/mol. The number of benzene rings is 1. The van der Waals surface area contributed by atoms with E-state index in [-0.39, 0.29) is 16.9 Å². The fraction of sp³-hybridized carbons (Fsp3) is 0.182. The number of rotatable bonds is 1. The van der Waals surface area contributed by atoms with Gasteiger partial charge in [-0.25, -0.2) is 0 Å². The summed E-state index contributed by atoms with van der Waals surface area (Å²) in [4.78, 5) is 34.5. The molecule has 0 saturated carbocycles. The minimum atomic E-state index is -1.88. The van der Waals surface area contributed by atoms with Crippen molar-refractivity contribution in [2.45, 2.75) is 6.10 Å². The number of hydrogen-bond acceptors (Lipinski definition) is 5. The molecule has 1 aromatic carbocycles. The lowest BCUT2D eigenvalue weighted by atomic mass is 9.86. The van der Waals surface area contributed by atoms with E-state index in [0.717, 1.165) is 0 Å². The van der Waals surface area contributed by atoms with Crippen molar-refractivity contribution in [1.29, 1.82) is 0 Å². The van der Waals surface area contributed by atoms with Gasteiger partial charge in [0.15, 0.2) is 11.9 Å². The zero-order valence-electron chi connectivity index (χ0n) is 8.39. The third-order valence-corrected chi connectivity index (χ3v) is 2.46. The lowest BCUT2D eigenvalue weighted by Gasteiger charge is -2.18. The lowest BCUT2D eigenvalue weighted by Crippen LogP contribution is -2.41. The van der Waals surface area contributed by atoms with Crippen LogP contribution in [0.3, 0.4) is 0 Å². The minimum absolute atomic E-state index is 0.0245. The van der Waals surface area contributed by atoms with Gasteiger partial charge in [0.1, 0.15) is 5.75 Å². The van der Waals surface area contributed by atoms with Crippen molar-refractivity contribution in [3.63, 3.8) is 0 Å². The number of carbonyl (C=O) groups excluding carboxylic acids is 3. The van der Waals surface area contributed by atoms with Gasteiger partial charge in [0.2, 0.25) is 11.6 Å². The first kappa shape index (κ1) is 10.5. The van der Waals surface area contributed by atoms with Crippen LogP contribution in [0.2, 0.25) is 0 Å². The zero-order chi connectivity index (χ0) is 11.9. The number of aliphatic hydroxyl groups excluding tert-OH is 1. The van der Waals surface area contributed by atoms with Crippen molar-refractivity contribution in [3.05, 3.63) is 29.3 Å². The predicted octanol–water partition coefficient (Wildman–Crippen LogP) is 0.00420. The number of ether oxygens (including phenoxy) is 1. The Bertz CT molecular complexity index is 503. The molecule has 16 heavy (non-hydrogen) atoms. The summed E-state index contributed by atoms with van der Waals surface area (Å²) in [6, 6.07) is 4.38. The Labute approximate surface area is 90.6 Å². The average Bonchev–Trinajstić information content (AvgIpc) is 2.32. The monoisotopic (exact) mass is 220 g/mol. The first-order valence-corrected chi connectivity index (χ1v) is 4.55. The summed E-state index contributed by atoms with van der Waals surface area (Å²) in [7, 11) is 1.34. The molecule has 0 amide bonds. The number of carbonyl (C=O) groups is 3. The Hall–Kier alpha value is -2.01. The molecular formula is C11H8O5. The topological polar surface area (TPSA) is 80.7 Å². The van der Waals surface area contributed by atoms with Gasteiger partial charge in [0.25, 0.3) is 0 Å². The van der Waals surface area contributed by atoms with Crippen LogP contribution in [0.25, 0.3) is 0 Å². The Balaban J connectivity index is 2.73. The highest BCUT2D eigenvalue weighted by Gasteiger charge is 2.40. The van der Waals surface area contributed by atoms with Crippen LogP contribution in [0.1, 0.15) is 20.7 Å². The molecular weight excluding hydrogens is 212 g/mol. The second-order valence-corrected chi connectivity index (χ2v) is 3.34. The van der Waals surface area contributed by atoms with Crippen molar-refractivity contribution in [3.8, 4) is 5.75 Å². The maximum absolute atomic E-state index is 11.6. The molecule has 1 atom stereocenters. The molecule has 1 N–H and O–H groups in total. The van der Waals surface area contributed by atoms with Crippen LogP contribution in [0.4, 0.5) is 0 Å². The third-order valence-electron chi connectivity index (χ3n) is 2.46. The molecule has 1 aliphatic carbocycles. The molecule has 1 aliphatic rings. The first-order valence-electron chi connectivity index (χ1n) is 4.55. The highest BCUT2D eigenvalue weighted by atomic mass is 16.5. The molecule has 0 fully saturated rings. The number of methoxy groups -OCH3 is 1. The van der Waals surface area contributed by atoms with E-state index in [4.69, 9.17) is 4.74 Å². The van der Waals surface area contributed by atoms with E-state index < -0.39 is 23.5 Å². The Morgan fingerprint density at radius 3 is 2.50 bits per heavy atom. The molecule has 0 bridgehead atoms. The van der Waals surface area contributed by atoms with Gasteiger partial charge < -0.3 is 9.84 Å². The van der Waals surface area contributed by atoms with Gasteiger partial charge in [0.05, 0.1) is 12.7 Å². The molecule has 5 nitrogen and oxygen atoms in total. The summed E-state index contributed by atoms with van der Waals surface area (Å²) in [6.07, 6.45) is -1.88. The van der Waals surface area contributed by atoms with E-state index >= 15 is 0 Å². The standard InChI is InChI=1S/C11H8O5/c1-16-6-4-2-3-5-7(6)9(13)11(15)10(14)8(5)12/h2-4,10,14H,1H3. The number of Topliss-reactive ketones (excluding diaryl/α,β-unsaturated/α-hetero) is 3. The maximum Gasteiger partial charge on any atom is 0.239 e. The summed E-state index contributed by atoms with van der Waals surface area (Å²) in [5.41, 5.74) is -0.0400. The zero-order valence-corrected chi connectivity index (χ0v) is 8.39. The highest BCUT2D eigenvalue weighted by molar-refractivity contribution is 6.53. The van der Waals surface area contributed by atoms with E-state index in [9.17, 15) is 19.5 Å². The molecule has 0 radical (unpaired) electrons. The minimum Gasteiger partial charge on any atom is -0.496 e. The van der Waals surface area contributed by atoms with Gasteiger partial charge in [-0.15, -0.1) is 0 Å². The highest BCUT2D eigenvalue weighted by Crippen LogP contribution is 2.28. The molecule has 5 heteroatoms. The van der Waals surface area contributed by atoms with E-state index in [0.29, 0.717) is 0 Å². The van der Waals surface area contributed by atoms with E-state index in [1.54, 1.807) is 0 Å². The van der Waals surface area contributed by atoms with Gasteiger partial charge in [-0.2, -0.15) is 0 Å². The fourth-order valence-electron chi connectivity index (χ4n) is 1.65. The first-order chi connectivity index (χ1) is 7.57. The molecule has 0 aromatic heterocycles. The Morgan fingerprint density at radius 1 is 1.19 bits per heavy atom. The van der Waals surface area contributed by atoms with Crippen molar-refractivity contribution in [1.82, 2.24) is 0 Å². The van der Waals surface area contributed by atoms with Crippen molar-refractivity contribution < 1.29 is 24.2 Å². The second kappa shape index (κ2) is 3.53. The number of ketones is 3. The summed E-state index contributed by atoms with van der Waals surface area (Å²) < 4.78 is 4.91. The molecule has 1 aromatic rings. The lowest BCUT2D eigenvalue weighted by molar-refractivity contribution is -0.120. The maximum atomic E-state index is 11.6. The van der Waals surface area contributed by atoms with Crippen molar-refractivity contribution in [2.75, 3.05) is 7.11 Å². The van der Waals surface area contributed by atoms with Crippen molar-refractivity contribution >= 4 is 17.3 Å². The van der Waals surface area contributed by atoms with Crippen LogP contribution in [0.5, 0.6) is 5.75 Å². The Morgan fingerprint density at radius 2 is 1.88 bits per heavy atom. The third kappa shape index (κ3) is 1.25. The van der Waals surface area contributed by atoms with Gasteiger partial charge in [0, 0.05) is 5.56 Å². The van der Waals surface area contributed by atoms with Crippen molar-refractivity contribution in [2.24, 2.45) is 0 Å². The largest absolute Gasteiger partial charge is 0.496 e. The number of hydrogen-bond donors (Lipinski definition) is 1. The van der Waals surface area contributed by atoms with Crippen LogP contribution in [0.15, 0.2) is 18.2 Å². The van der Waals surface area contributed by atoms with Crippen LogP contribution in [-0.4, -0.2) is 35.7 Å². The smallest absolute Gasteiger partial charge is 0.239 e. The summed E-state index contributed by atoms with van der Waals surface area (Å²) in [6.45, 7) is 0. The summed E-state index contributed by atoms with van der Waals surface area (Å²) >= 11 is 0. The number of aliphatic hydroxyl groups is 1. The van der Waals surface area contributed by atoms with Crippen LogP contribution in [-0.2, 0) is 4.79 Å². The van der Waals surface area contributed by atoms with Gasteiger partial charge in [-0.1, -0.05) is 12.1 Å². The van der Waals surface area contributed by atoms with Gasteiger partial charge >= 0.3 is 0 Å². The van der Waals surface area contributed by atoms with Crippen LogP contribution >= 0.6 is 0 Å². The predicted molar refractivity (Wildman–Crippen MR) is 52.7 cm³/mol. The van der Waals surface area contributed by atoms with Gasteiger partial charge in [-0.3, -0.25) is 14.4 Å². The molecule has 0 heterocycles. The molecule has 0 spiro atoms. The molecule has 0 aliphatic heterocycles. The van der Waals surface area contributed by atoms with E-state index in [2.05, 4.69) is 0 Å². The quantitative estimate of drug-likeness (QED) is 0.532. The molecule has 1 unspecified atom stereocenters. The second-order valence-electron chi connectivity index (χ2n) is 3.34. The SMILES string of the molecule is COc1cccc2c1C(=O)C(=O)C(O)C2=O. The molecule has 2 rings (SSSR count). The normalized spacial score (nSPS) is 19.6. The fourth-order valence-corrected chi connectivity index (χ4v) is 1.65.